The molecule has 0 saturated carbocycles. The van der Waals surface area contributed by atoms with Crippen LogP contribution in [0.2, 0.25) is 0 Å². The Morgan fingerprint density at radius 1 is 1.73 bits per heavy atom. The number of hydrogen-bond donors (Lipinski definition) is 0. The van der Waals surface area contributed by atoms with Gasteiger partial charge in [0.15, 0.2) is 3.92 Å². The largest absolute Gasteiger partial charge is 0.335 e. The van der Waals surface area contributed by atoms with Crippen LogP contribution in [0.3, 0.4) is 0 Å². The fourth-order valence-corrected chi connectivity index (χ4v) is 2.85. The summed E-state index contributed by atoms with van der Waals surface area (Å²) in [7, 11) is 0. The van der Waals surface area contributed by atoms with Crippen LogP contribution in [0, 0.1) is 0 Å². The van der Waals surface area contributed by atoms with E-state index >= 15 is 0 Å². The van der Waals surface area contributed by atoms with Crippen LogP contribution in [0.1, 0.15) is 22.5 Å². The molecule has 0 bridgehead atoms. The van der Waals surface area contributed by atoms with Gasteiger partial charge in [-0.15, -0.1) is 11.3 Å². The summed E-state index contributed by atoms with van der Waals surface area (Å²) in [5, 5.41) is 0. The van der Waals surface area contributed by atoms with Gasteiger partial charge in [0.25, 0.3) is 5.91 Å². The topological polar surface area (TPSA) is 33.2 Å². The summed E-state index contributed by atoms with van der Waals surface area (Å²) >= 11 is 4.48. The summed E-state index contributed by atoms with van der Waals surface area (Å²) in [6, 6.07) is 0. The van der Waals surface area contributed by atoms with Crippen molar-refractivity contribution in [3.8, 4) is 0 Å². The predicted octanol–water partition coefficient (Wildman–Crippen LogP) is 2.48. The zero-order valence-electron chi connectivity index (χ0n) is 7.95. The van der Waals surface area contributed by atoms with Crippen LogP contribution < -0.4 is 0 Å². The number of aromatic nitrogens is 1. The molecule has 1 aromatic rings. The molecule has 0 aliphatic carbocycles. The average molecular weight is 293 g/mol. The van der Waals surface area contributed by atoms with E-state index in [9.17, 15) is 9.18 Å². The monoisotopic (exact) mass is 292 g/mol. The molecule has 82 valence electrons. The van der Waals surface area contributed by atoms with Gasteiger partial charge in [-0.05, 0) is 28.8 Å². The minimum atomic E-state index is -0.876. The van der Waals surface area contributed by atoms with Gasteiger partial charge in [-0.1, -0.05) is 0 Å². The molecule has 2 rings (SSSR count). The Balaban J connectivity index is 2.07. The van der Waals surface area contributed by atoms with Gasteiger partial charge in [0.2, 0.25) is 0 Å². The molecule has 0 unspecified atom stereocenters. The molecule has 15 heavy (non-hydrogen) atoms. The van der Waals surface area contributed by atoms with Crippen molar-refractivity contribution in [1.29, 1.82) is 0 Å². The third kappa shape index (κ3) is 2.55. The highest BCUT2D eigenvalue weighted by Crippen LogP contribution is 2.22. The van der Waals surface area contributed by atoms with Crippen molar-refractivity contribution in [1.82, 2.24) is 9.88 Å². The molecule has 0 N–H and O–H groups in total. The van der Waals surface area contributed by atoms with E-state index in [2.05, 4.69) is 20.9 Å². The van der Waals surface area contributed by atoms with E-state index in [1.807, 2.05) is 0 Å². The molecule has 1 aromatic heterocycles. The van der Waals surface area contributed by atoms with Gasteiger partial charge in [-0.25, -0.2) is 9.37 Å². The summed E-state index contributed by atoms with van der Waals surface area (Å²) in [5.74, 6) is -0.111. The smallest absolute Gasteiger partial charge is 0.265 e. The molecule has 1 aliphatic heterocycles. The lowest BCUT2D eigenvalue weighted by Gasteiger charge is -2.28. The highest BCUT2D eigenvalue weighted by Gasteiger charge is 2.25. The van der Waals surface area contributed by atoms with E-state index in [0.717, 1.165) is 6.42 Å². The van der Waals surface area contributed by atoms with Gasteiger partial charge in [-0.3, -0.25) is 4.79 Å². The van der Waals surface area contributed by atoms with E-state index in [-0.39, 0.29) is 12.5 Å². The molecule has 1 amide bonds. The van der Waals surface area contributed by atoms with Crippen molar-refractivity contribution in [2.24, 2.45) is 0 Å². The normalized spacial score (nSPS) is 21.7. The number of amides is 1. The predicted molar refractivity (Wildman–Crippen MR) is 59.8 cm³/mol. The van der Waals surface area contributed by atoms with Gasteiger partial charge in [0.1, 0.15) is 11.0 Å². The van der Waals surface area contributed by atoms with Crippen molar-refractivity contribution in [3.63, 3.8) is 0 Å². The van der Waals surface area contributed by atoms with Gasteiger partial charge in [0, 0.05) is 6.54 Å². The fraction of sp³-hybridized carbons (Fsp3) is 0.556. The van der Waals surface area contributed by atoms with Gasteiger partial charge in [-0.2, -0.15) is 0 Å². The molecular formula is C9H10BrFN2OS. The Morgan fingerprint density at radius 3 is 3.13 bits per heavy atom. The zero-order chi connectivity index (χ0) is 10.8. The van der Waals surface area contributed by atoms with Crippen molar-refractivity contribution in [2.45, 2.75) is 19.0 Å². The summed E-state index contributed by atoms with van der Waals surface area (Å²) < 4.78 is 13.8. The second kappa shape index (κ2) is 4.57. The van der Waals surface area contributed by atoms with Crippen molar-refractivity contribution < 1.29 is 9.18 Å². The highest BCUT2D eigenvalue weighted by atomic mass is 79.9. The molecule has 6 heteroatoms. The molecule has 1 saturated heterocycles. The number of alkyl halides is 1. The van der Waals surface area contributed by atoms with Crippen LogP contribution in [-0.2, 0) is 0 Å². The number of nitrogens with zero attached hydrogens (tertiary/aromatic N) is 2. The van der Waals surface area contributed by atoms with Crippen LogP contribution in [0.15, 0.2) is 10.1 Å². The number of halogens is 2. The molecule has 2 heterocycles. The van der Waals surface area contributed by atoms with Crippen LogP contribution in [0.4, 0.5) is 4.39 Å². The van der Waals surface area contributed by atoms with E-state index in [1.165, 1.54) is 17.5 Å². The number of likely N-dealkylation sites (tertiary alicyclic amines) is 1. The number of piperidine rings is 1. The van der Waals surface area contributed by atoms with Crippen molar-refractivity contribution in [2.75, 3.05) is 13.1 Å². The van der Waals surface area contributed by atoms with Crippen LogP contribution in [0.25, 0.3) is 0 Å². The van der Waals surface area contributed by atoms with E-state index < -0.39 is 6.17 Å². The maximum Gasteiger partial charge on any atom is 0.265 e. The van der Waals surface area contributed by atoms with E-state index in [1.54, 1.807) is 4.90 Å². The Bertz CT molecular complexity index is 371. The summed E-state index contributed by atoms with van der Waals surface area (Å²) in [4.78, 5) is 17.9. The third-order valence-corrected chi connectivity index (χ3v) is 3.80. The molecule has 3 nitrogen and oxygen atoms in total. The lowest BCUT2D eigenvalue weighted by molar-refractivity contribution is 0.0640. The molecule has 1 aliphatic rings. The highest BCUT2D eigenvalue weighted by molar-refractivity contribution is 9.11. The molecule has 1 atom stereocenters. The maximum atomic E-state index is 13.1. The number of hydrogen-bond acceptors (Lipinski definition) is 3. The van der Waals surface area contributed by atoms with Gasteiger partial charge < -0.3 is 4.90 Å². The first-order valence-corrected chi connectivity index (χ1v) is 6.32. The Hall–Kier alpha value is -0.490. The van der Waals surface area contributed by atoms with Crippen molar-refractivity contribution in [3.05, 3.63) is 15.0 Å². The summed E-state index contributed by atoms with van der Waals surface area (Å²) in [6.45, 7) is 0.864. The maximum absolute atomic E-state index is 13.1. The molecule has 0 aromatic carbocycles. The number of rotatable bonds is 1. The Morgan fingerprint density at radius 2 is 2.53 bits per heavy atom. The molecule has 1 fully saturated rings. The van der Waals surface area contributed by atoms with Crippen LogP contribution in [-0.4, -0.2) is 35.1 Å². The Kier molecular flexibility index (Phi) is 3.35. The molecule has 0 radical (unpaired) electrons. The van der Waals surface area contributed by atoms with Gasteiger partial charge in [0.05, 0.1) is 12.7 Å². The van der Waals surface area contributed by atoms with Crippen LogP contribution >= 0.6 is 27.3 Å². The van der Waals surface area contributed by atoms with Gasteiger partial charge >= 0.3 is 0 Å². The minimum Gasteiger partial charge on any atom is -0.335 e. The number of thiazole rings is 1. The van der Waals surface area contributed by atoms with E-state index in [4.69, 9.17) is 0 Å². The first kappa shape index (κ1) is 11.0. The third-order valence-electron chi connectivity index (χ3n) is 2.34. The first-order valence-electron chi connectivity index (χ1n) is 4.71. The quantitative estimate of drug-likeness (QED) is 0.797. The standard InChI is InChI=1S/C9H10BrFN2OS/c10-9-12-4-7(15-9)8(14)13-3-1-2-6(11)5-13/h4,6H,1-3,5H2/t6-/m1/s1. The summed E-state index contributed by atoms with van der Waals surface area (Å²) in [5.41, 5.74) is 0. The second-order valence-corrected chi connectivity index (χ2v) is 5.77. The lowest BCUT2D eigenvalue weighted by Crippen LogP contribution is -2.40. The fourth-order valence-electron chi connectivity index (χ4n) is 1.62. The van der Waals surface area contributed by atoms with Crippen LogP contribution in [0.5, 0.6) is 0 Å². The Labute approximate surface area is 99.4 Å². The number of carbonyl (C=O) groups excluding carboxylic acids is 1. The molecule has 0 spiro atoms. The van der Waals surface area contributed by atoms with Crippen molar-refractivity contribution >= 4 is 33.2 Å². The second-order valence-electron chi connectivity index (χ2n) is 3.47. The average Bonchev–Trinajstić information content (AvgIpc) is 2.64. The lowest BCUT2D eigenvalue weighted by atomic mass is 10.1. The zero-order valence-corrected chi connectivity index (χ0v) is 10.4. The SMILES string of the molecule is O=C(c1cnc(Br)s1)N1CCC[C@@H](F)C1. The molecular weight excluding hydrogens is 283 g/mol. The summed E-state index contributed by atoms with van der Waals surface area (Å²) in [6.07, 6.45) is 1.96. The first-order chi connectivity index (χ1) is 7.16. The number of carbonyl (C=O) groups is 1. The minimum absolute atomic E-state index is 0.111. The van der Waals surface area contributed by atoms with E-state index in [0.29, 0.717) is 21.8 Å².